The minimum absolute atomic E-state index is 0.394. The van der Waals surface area contributed by atoms with Gasteiger partial charge in [0.2, 0.25) is 5.95 Å². The Bertz CT molecular complexity index is 361. The lowest BCUT2D eigenvalue weighted by molar-refractivity contribution is 0.0141. The van der Waals surface area contributed by atoms with E-state index in [1.807, 2.05) is 6.92 Å². The average molecular weight is 300 g/mol. The summed E-state index contributed by atoms with van der Waals surface area (Å²) in [5.41, 5.74) is -0.674. The summed E-state index contributed by atoms with van der Waals surface area (Å²) in [6.07, 6.45) is 8.09. The molecular weight excluding hydrogens is 282 g/mol. The molecule has 0 aliphatic heterocycles. The van der Waals surface area contributed by atoms with Gasteiger partial charge in [0.15, 0.2) is 0 Å². The van der Waals surface area contributed by atoms with Crippen LogP contribution in [-0.2, 0) is 0 Å². The largest absolute Gasteiger partial charge is 0.388 e. The molecule has 5 heteroatoms. The second kappa shape index (κ2) is 5.31. The predicted octanol–water partition coefficient (Wildman–Crippen LogP) is 2.59. The van der Waals surface area contributed by atoms with Gasteiger partial charge < -0.3 is 10.4 Å². The molecule has 0 spiro atoms. The van der Waals surface area contributed by atoms with Crippen LogP contribution in [-0.4, -0.2) is 27.2 Å². The summed E-state index contributed by atoms with van der Waals surface area (Å²) >= 11 is 3.29. The number of nitrogens with one attached hydrogen (secondary N) is 1. The molecule has 1 fully saturated rings. The van der Waals surface area contributed by atoms with E-state index in [1.165, 1.54) is 12.8 Å². The smallest absolute Gasteiger partial charge is 0.222 e. The van der Waals surface area contributed by atoms with Gasteiger partial charge in [-0.05, 0) is 41.6 Å². The zero-order chi connectivity index (χ0) is 12.3. The monoisotopic (exact) mass is 299 g/mol. The van der Waals surface area contributed by atoms with Crippen molar-refractivity contribution in [3.8, 4) is 0 Å². The van der Waals surface area contributed by atoms with E-state index in [0.29, 0.717) is 18.4 Å². The number of anilines is 1. The summed E-state index contributed by atoms with van der Waals surface area (Å²) in [5, 5.41) is 13.5. The Morgan fingerprint density at radius 2 is 2.00 bits per heavy atom. The van der Waals surface area contributed by atoms with Crippen molar-refractivity contribution in [2.24, 2.45) is 5.92 Å². The van der Waals surface area contributed by atoms with Gasteiger partial charge in [-0.15, -0.1) is 0 Å². The fourth-order valence-corrected chi connectivity index (χ4v) is 2.56. The minimum atomic E-state index is -0.674. The fourth-order valence-electron chi connectivity index (χ4n) is 2.35. The second-order valence-electron chi connectivity index (χ2n) is 4.92. The van der Waals surface area contributed by atoms with Crippen molar-refractivity contribution in [3.63, 3.8) is 0 Å². The first-order valence-corrected chi connectivity index (χ1v) is 6.81. The molecule has 4 nitrogen and oxygen atoms in total. The highest BCUT2D eigenvalue weighted by atomic mass is 79.9. The van der Waals surface area contributed by atoms with Gasteiger partial charge in [-0.3, -0.25) is 0 Å². The second-order valence-corrected chi connectivity index (χ2v) is 5.83. The van der Waals surface area contributed by atoms with Gasteiger partial charge in [-0.1, -0.05) is 12.8 Å². The predicted molar refractivity (Wildman–Crippen MR) is 70.8 cm³/mol. The summed E-state index contributed by atoms with van der Waals surface area (Å²) < 4.78 is 0.852. The Labute approximate surface area is 110 Å². The SMILES string of the molecule is C[C@](O)(CNc1ncc(Br)cn1)C1CCCC1. The highest BCUT2D eigenvalue weighted by Crippen LogP contribution is 2.33. The van der Waals surface area contributed by atoms with Crippen LogP contribution in [0.15, 0.2) is 16.9 Å². The standard InChI is InChI=1S/C12H18BrN3O/c1-12(17,9-4-2-3-5-9)8-16-11-14-6-10(13)7-15-11/h6-7,9,17H,2-5,8H2,1H3,(H,14,15,16)/t12-/m0/s1. The minimum Gasteiger partial charge on any atom is -0.388 e. The van der Waals surface area contributed by atoms with Crippen molar-refractivity contribution in [1.82, 2.24) is 9.97 Å². The third-order valence-corrected chi connectivity index (χ3v) is 3.87. The van der Waals surface area contributed by atoms with Gasteiger partial charge >= 0.3 is 0 Å². The Morgan fingerprint density at radius 1 is 1.41 bits per heavy atom. The molecule has 94 valence electrons. The fraction of sp³-hybridized carbons (Fsp3) is 0.667. The van der Waals surface area contributed by atoms with Crippen LogP contribution in [0.1, 0.15) is 32.6 Å². The van der Waals surface area contributed by atoms with Gasteiger partial charge in [0.1, 0.15) is 0 Å². The normalized spacial score (nSPS) is 20.2. The zero-order valence-electron chi connectivity index (χ0n) is 9.99. The number of halogens is 1. The highest BCUT2D eigenvalue weighted by Gasteiger charge is 2.33. The molecule has 0 amide bonds. The quantitative estimate of drug-likeness (QED) is 0.897. The van der Waals surface area contributed by atoms with Crippen molar-refractivity contribution in [2.75, 3.05) is 11.9 Å². The van der Waals surface area contributed by atoms with E-state index in [2.05, 4.69) is 31.2 Å². The van der Waals surface area contributed by atoms with E-state index in [4.69, 9.17) is 0 Å². The Hall–Kier alpha value is -0.680. The molecule has 17 heavy (non-hydrogen) atoms. The molecule has 1 heterocycles. The molecule has 1 aliphatic carbocycles. The van der Waals surface area contributed by atoms with Crippen LogP contribution in [0.5, 0.6) is 0 Å². The van der Waals surface area contributed by atoms with Crippen LogP contribution in [0, 0.1) is 5.92 Å². The topological polar surface area (TPSA) is 58.0 Å². The molecule has 0 saturated heterocycles. The Morgan fingerprint density at radius 3 is 2.59 bits per heavy atom. The van der Waals surface area contributed by atoms with Gasteiger partial charge in [-0.25, -0.2) is 9.97 Å². The van der Waals surface area contributed by atoms with Gasteiger partial charge in [-0.2, -0.15) is 0 Å². The van der Waals surface area contributed by atoms with Gasteiger partial charge in [0.05, 0.1) is 10.1 Å². The number of aromatic nitrogens is 2. The molecule has 0 radical (unpaired) electrons. The zero-order valence-corrected chi connectivity index (χ0v) is 11.6. The number of hydrogen-bond donors (Lipinski definition) is 2. The lowest BCUT2D eigenvalue weighted by Gasteiger charge is -2.30. The van der Waals surface area contributed by atoms with E-state index < -0.39 is 5.60 Å². The van der Waals surface area contributed by atoms with Crippen LogP contribution < -0.4 is 5.32 Å². The van der Waals surface area contributed by atoms with E-state index in [-0.39, 0.29) is 0 Å². The molecule has 1 aromatic rings. The molecule has 0 aromatic carbocycles. The van der Waals surface area contributed by atoms with Gasteiger partial charge in [0, 0.05) is 18.9 Å². The maximum Gasteiger partial charge on any atom is 0.222 e. The summed E-state index contributed by atoms with van der Waals surface area (Å²) in [6.45, 7) is 2.40. The van der Waals surface area contributed by atoms with Crippen molar-refractivity contribution in [3.05, 3.63) is 16.9 Å². The van der Waals surface area contributed by atoms with Crippen LogP contribution in [0.4, 0.5) is 5.95 Å². The van der Waals surface area contributed by atoms with E-state index >= 15 is 0 Å². The van der Waals surface area contributed by atoms with E-state index in [9.17, 15) is 5.11 Å². The highest BCUT2D eigenvalue weighted by molar-refractivity contribution is 9.10. The third-order valence-electron chi connectivity index (χ3n) is 3.46. The molecule has 1 aromatic heterocycles. The lowest BCUT2D eigenvalue weighted by Crippen LogP contribution is -2.40. The van der Waals surface area contributed by atoms with Crippen molar-refractivity contribution in [1.29, 1.82) is 0 Å². The maximum absolute atomic E-state index is 10.4. The summed E-state index contributed by atoms with van der Waals surface area (Å²) in [7, 11) is 0. The summed E-state index contributed by atoms with van der Waals surface area (Å²) in [4.78, 5) is 8.26. The Balaban J connectivity index is 1.90. The van der Waals surface area contributed by atoms with Gasteiger partial charge in [0.25, 0.3) is 0 Å². The third kappa shape index (κ3) is 3.39. The number of aliphatic hydroxyl groups is 1. The molecule has 2 rings (SSSR count). The Kier molecular flexibility index (Phi) is 3.99. The summed E-state index contributed by atoms with van der Waals surface area (Å²) in [5.74, 6) is 0.955. The molecule has 0 bridgehead atoms. The maximum atomic E-state index is 10.4. The van der Waals surface area contributed by atoms with Crippen molar-refractivity contribution >= 4 is 21.9 Å². The molecule has 0 unspecified atom stereocenters. The van der Waals surface area contributed by atoms with Crippen LogP contribution in [0.25, 0.3) is 0 Å². The number of rotatable bonds is 4. The molecule has 1 aliphatic rings. The lowest BCUT2D eigenvalue weighted by atomic mass is 9.88. The van der Waals surface area contributed by atoms with E-state index in [0.717, 1.165) is 17.3 Å². The number of hydrogen-bond acceptors (Lipinski definition) is 4. The number of nitrogens with zero attached hydrogens (tertiary/aromatic N) is 2. The van der Waals surface area contributed by atoms with E-state index in [1.54, 1.807) is 12.4 Å². The average Bonchev–Trinajstić information content (AvgIpc) is 2.82. The van der Waals surface area contributed by atoms with Crippen LogP contribution >= 0.6 is 15.9 Å². The summed E-state index contributed by atoms with van der Waals surface area (Å²) in [6, 6.07) is 0. The molecule has 2 N–H and O–H groups in total. The van der Waals surface area contributed by atoms with Crippen molar-refractivity contribution < 1.29 is 5.11 Å². The molecule has 1 atom stereocenters. The van der Waals surface area contributed by atoms with Crippen LogP contribution in [0.2, 0.25) is 0 Å². The molecular formula is C12H18BrN3O. The molecule has 1 saturated carbocycles. The first-order chi connectivity index (χ1) is 8.08. The van der Waals surface area contributed by atoms with Crippen LogP contribution in [0.3, 0.4) is 0 Å². The first kappa shape index (κ1) is 12.8. The first-order valence-electron chi connectivity index (χ1n) is 6.02. The van der Waals surface area contributed by atoms with Crippen molar-refractivity contribution in [2.45, 2.75) is 38.2 Å².